The van der Waals surface area contributed by atoms with Crippen LogP contribution in [0.5, 0.6) is 11.5 Å². The van der Waals surface area contributed by atoms with E-state index in [-0.39, 0.29) is 11.1 Å². The van der Waals surface area contributed by atoms with Gasteiger partial charge >= 0.3 is 11.9 Å². The van der Waals surface area contributed by atoms with Crippen molar-refractivity contribution in [3.05, 3.63) is 217 Å². The van der Waals surface area contributed by atoms with Crippen LogP contribution in [-0.2, 0) is 0 Å². The first-order valence-corrected chi connectivity index (χ1v) is 20.5. The summed E-state index contributed by atoms with van der Waals surface area (Å²) in [5.74, 6) is -0.277. The first-order valence-electron chi connectivity index (χ1n) is 20.5. The van der Waals surface area contributed by atoms with Crippen molar-refractivity contribution in [1.29, 1.82) is 0 Å². The molecule has 0 aliphatic heterocycles. The van der Waals surface area contributed by atoms with Gasteiger partial charge in [0.1, 0.15) is 0 Å². The van der Waals surface area contributed by atoms with Crippen LogP contribution in [0.15, 0.2) is 206 Å². The molecule has 6 nitrogen and oxygen atoms in total. The van der Waals surface area contributed by atoms with Crippen LogP contribution in [0.4, 0.5) is 0 Å². The maximum absolute atomic E-state index is 14.3. The second kappa shape index (κ2) is 15.3. The third-order valence-corrected chi connectivity index (χ3v) is 11.6. The van der Waals surface area contributed by atoms with Crippen molar-refractivity contribution in [2.45, 2.75) is 0 Å². The number of aromatic amines is 2. The van der Waals surface area contributed by atoms with Crippen LogP contribution in [-0.4, -0.2) is 21.9 Å². The van der Waals surface area contributed by atoms with Crippen molar-refractivity contribution < 1.29 is 19.1 Å². The lowest BCUT2D eigenvalue weighted by Gasteiger charge is -2.18. The zero-order valence-electron chi connectivity index (χ0n) is 33.3. The average Bonchev–Trinajstić information content (AvgIpc) is 3.91. The molecule has 0 aliphatic rings. The van der Waals surface area contributed by atoms with Gasteiger partial charge in [0.25, 0.3) is 0 Å². The molecule has 0 bridgehead atoms. The Kier molecular flexibility index (Phi) is 9.02. The van der Waals surface area contributed by atoms with Crippen molar-refractivity contribution in [2.75, 3.05) is 0 Å². The van der Waals surface area contributed by atoms with E-state index in [1.807, 2.05) is 133 Å². The lowest BCUT2D eigenvalue weighted by Crippen LogP contribution is -2.13. The molecule has 9 aromatic carbocycles. The molecule has 0 unspecified atom stereocenters. The van der Waals surface area contributed by atoms with Crippen LogP contribution >= 0.6 is 0 Å². The monoisotopic (exact) mass is 800 g/mol. The van der Waals surface area contributed by atoms with Crippen LogP contribution in [0.25, 0.3) is 88.1 Å². The van der Waals surface area contributed by atoms with E-state index in [9.17, 15) is 9.59 Å². The summed E-state index contributed by atoms with van der Waals surface area (Å²) in [7, 11) is 0. The number of hydrogen-bond donors (Lipinski definition) is 2. The molecular formula is C56H36N2O4. The minimum atomic E-state index is -0.561. The van der Waals surface area contributed by atoms with E-state index in [0.29, 0.717) is 22.5 Å². The Morgan fingerprint density at radius 3 is 1.03 bits per heavy atom. The molecule has 2 heterocycles. The fourth-order valence-electron chi connectivity index (χ4n) is 8.64. The molecule has 0 radical (unpaired) electrons. The first kappa shape index (κ1) is 36.6. The van der Waals surface area contributed by atoms with Crippen molar-refractivity contribution in [1.82, 2.24) is 9.97 Å². The molecule has 62 heavy (non-hydrogen) atoms. The second-order valence-corrected chi connectivity index (χ2v) is 15.3. The number of benzene rings is 9. The maximum atomic E-state index is 14.3. The zero-order chi connectivity index (χ0) is 41.6. The highest BCUT2D eigenvalue weighted by Crippen LogP contribution is 2.48. The van der Waals surface area contributed by atoms with Gasteiger partial charge in [-0.2, -0.15) is 0 Å². The fraction of sp³-hybridized carbons (Fsp3) is 0. The predicted octanol–water partition coefficient (Wildman–Crippen LogP) is 14.1. The second-order valence-electron chi connectivity index (χ2n) is 15.3. The minimum absolute atomic E-state index is 0.281. The summed E-state index contributed by atoms with van der Waals surface area (Å²) in [6.07, 6.45) is 0. The van der Waals surface area contributed by atoms with Gasteiger partial charge in [0.2, 0.25) is 0 Å². The molecule has 11 rings (SSSR count). The number of para-hydroxylation sites is 2. The van der Waals surface area contributed by atoms with Crippen molar-refractivity contribution in [3.63, 3.8) is 0 Å². The number of hydrogen-bond acceptors (Lipinski definition) is 4. The molecule has 0 fully saturated rings. The van der Waals surface area contributed by atoms with Crippen molar-refractivity contribution in [3.8, 4) is 56.0 Å². The predicted molar refractivity (Wildman–Crippen MR) is 250 cm³/mol. The van der Waals surface area contributed by atoms with Crippen LogP contribution in [0, 0.1) is 0 Å². The highest BCUT2D eigenvalue weighted by atomic mass is 16.5. The van der Waals surface area contributed by atoms with E-state index in [1.165, 1.54) is 0 Å². The topological polar surface area (TPSA) is 84.2 Å². The van der Waals surface area contributed by atoms with Gasteiger partial charge in [-0.3, -0.25) is 0 Å². The van der Waals surface area contributed by atoms with Crippen molar-refractivity contribution in [2.24, 2.45) is 0 Å². The third kappa shape index (κ3) is 6.38. The molecule has 6 heteroatoms. The molecule has 0 aliphatic carbocycles. The van der Waals surface area contributed by atoms with Crippen LogP contribution in [0.3, 0.4) is 0 Å². The van der Waals surface area contributed by atoms with Gasteiger partial charge in [-0.1, -0.05) is 158 Å². The number of carbonyl (C=O) groups is 2. The molecule has 11 aromatic rings. The van der Waals surface area contributed by atoms with E-state index in [2.05, 4.69) is 58.5 Å². The fourth-order valence-corrected chi connectivity index (χ4v) is 8.64. The van der Waals surface area contributed by atoms with E-state index in [1.54, 1.807) is 24.3 Å². The summed E-state index contributed by atoms with van der Waals surface area (Å²) in [6, 6.07) is 67.2. The van der Waals surface area contributed by atoms with Gasteiger partial charge in [-0.25, -0.2) is 9.59 Å². The molecular weight excluding hydrogens is 765 g/mol. The van der Waals surface area contributed by atoms with E-state index >= 15 is 0 Å². The number of ether oxygens (including phenoxy) is 2. The molecule has 0 spiro atoms. The molecule has 2 aromatic heterocycles. The van der Waals surface area contributed by atoms with E-state index < -0.39 is 11.9 Å². The average molecular weight is 801 g/mol. The summed E-state index contributed by atoms with van der Waals surface area (Å²) in [4.78, 5) is 35.8. The number of fused-ring (bicyclic) bond motifs is 6. The maximum Gasteiger partial charge on any atom is 0.343 e. The molecule has 0 atom stereocenters. The van der Waals surface area contributed by atoms with Crippen LogP contribution in [0.1, 0.15) is 20.7 Å². The van der Waals surface area contributed by atoms with Gasteiger partial charge in [-0.05, 0) is 81.9 Å². The number of carbonyl (C=O) groups excluding carboxylic acids is 2. The van der Waals surface area contributed by atoms with Crippen molar-refractivity contribution >= 4 is 55.6 Å². The smallest absolute Gasteiger partial charge is 0.343 e. The highest BCUT2D eigenvalue weighted by Gasteiger charge is 2.26. The number of rotatable bonds is 8. The first-order chi connectivity index (χ1) is 30.6. The molecule has 0 amide bonds. The van der Waals surface area contributed by atoms with E-state index in [4.69, 9.17) is 9.47 Å². The lowest BCUT2D eigenvalue weighted by atomic mass is 9.91. The summed E-state index contributed by atoms with van der Waals surface area (Å²) < 4.78 is 13.0. The van der Waals surface area contributed by atoms with Gasteiger partial charge in [0.15, 0.2) is 11.5 Å². The SMILES string of the molecule is O=C(Oc1c(-c2ccccc2)c(-c2ccccc2)cc2c1[nH]c1ccccc12)c1ccc(C(=O)Oc2c(-c3ccccc3)c(-c3ccccc3)cc3c2[nH]c2ccccc23)cc1. The molecule has 2 N–H and O–H groups in total. The third-order valence-electron chi connectivity index (χ3n) is 11.6. The van der Waals surface area contributed by atoms with Gasteiger partial charge in [0.05, 0.1) is 22.2 Å². The van der Waals surface area contributed by atoms with Gasteiger partial charge in [0, 0.05) is 43.7 Å². The Hall–Kier alpha value is -8.48. The van der Waals surface area contributed by atoms with Gasteiger partial charge < -0.3 is 19.4 Å². The van der Waals surface area contributed by atoms with Gasteiger partial charge in [-0.15, -0.1) is 0 Å². The molecule has 0 saturated carbocycles. The standard InChI is InChI=1S/C56H36N2O4/c59-55(61-53-49(37-21-9-3-10-22-37)43(35-17-5-1-6-18-35)33-45-41-25-13-15-27-47(41)57-51(45)53)39-29-31-40(32-30-39)56(60)62-54-50(38-23-11-4-12-24-38)44(36-19-7-2-8-20-36)34-46-42-26-14-16-28-48(42)58-52(46)54/h1-34,57-58H. The molecule has 0 saturated heterocycles. The summed E-state index contributed by atoms with van der Waals surface area (Å²) in [6.45, 7) is 0. The largest absolute Gasteiger partial charge is 0.420 e. The summed E-state index contributed by atoms with van der Waals surface area (Å²) in [5.41, 5.74) is 11.1. The number of nitrogens with one attached hydrogen (secondary N) is 2. The number of H-pyrrole nitrogens is 2. The number of esters is 2. The highest BCUT2D eigenvalue weighted by molar-refractivity contribution is 6.16. The van der Waals surface area contributed by atoms with E-state index in [0.717, 1.165) is 77.1 Å². The Bertz CT molecular complexity index is 3230. The quantitative estimate of drug-likeness (QED) is 0.118. The summed E-state index contributed by atoms with van der Waals surface area (Å²) in [5, 5.41) is 3.92. The summed E-state index contributed by atoms with van der Waals surface area (Å²) >= 11 is 0. The number of aromatic nitrogens is 2. The zero-order valence-corrected chi connectivity index (χ0v) is 33.3. The normalized spacial score (nSPS) is 11.4. The lowest BCUT2D eigenvalue weighted by molar-refractivity contribution is 0.0723. The Morgan fingerprint density at radius 2 is 0.661 bits per heavy atom. The minimum Gasteiger partial charge on any atom is -0.420 e. The molecule has 294 valence electrons. The Balaban J connectivity index is 0.993. The Morgan fingerprint density at radius 1 is 0.339 bits per heavy atom. The van der Waals surface area contributed by atoms with Crippen LogP contribution in [0.2, 0.25) is 0 Å². The van der Waals surface area contributed by atoms with Crippen LogP contribution < -0.4 is 9.47 Å². The Labute approximate surface area is 356 Å².